The number of nitrogens with one attached hydrogen (secondary N) is 1. The van der Waals surface area contributed by atoms with Gasteiger partial charge in [0.15, 0.2) is 11.6 Å². The van der Waals surface area contributed by atoms with Gasteiger partial charge < -0.3 is 5.32 Å². The lowest BCUT2D eigenvalue weighted by Crippen LogP contribution is -2.36. The molecule has 108 valence electrons. The number of benzene rings is 1. The quantitative estimate of drug-likeness (QED) is 0.868. The Morgan fingerprint density at radius 2 is 1.95 bits per heavy atom. The third-order valence-electron chi connectivity index (χ3n) is 2.53. The molecule has 0 amide bonds. The van der Waals surface area contributed by atoms with Crippen LogP contribution in [0.15, 0.2) is 16.6 Å². The van der Waals surface area contributed by atoms with Crippen LogP contribution in [0.25, 0.3) is 5.69 Å². The molecule has 0 aliphatic rings. The van der Waals surface area contributed by atoms with Crippen molar-refractivity contribution in [3.63, 3.8) is 0 Å². The minimum absolute atomic E-state index is 0.0917. The summed E-state index contributed by atoms with van der Waals surface area (Å²) in [4.78, 5) is 0. The van der Waals surface area contributed by atoms with Crippen LogP contribution in [0.3, 0.4) is 0 Å². The van der Waals surface area contributed by atoms with Gasteiger partial charge in [-0.25, -0.2) is 8.78 Å². The summed E-state index contributed by atoms with van der Waals surface area (Å²) < 4.78 is 28.5. The van der Waals surface area contributed by atoms with E-state index >= 15 is 0 Å². The van der Waals surface area contributed by atoms with Gasteiger partial charge in [-0.1, -0.05) is 0 Å². The Morgan fingerprint density at radius 1 is 1.25 bits per heavy atom. The van der Waals surface area contributed by atoms with Gasteiger partial charge in [0.2, 0.25) is 0 Å². The van der Waals surface area contributed by atoms with Gasteiger partial charge in [0.25, 0.3) is 0 Å². The van der Waals surface area contributed by atoms with Gasteiger partial charge in [-0.2, -0.15) is 4.68 Å². The summed E-state index contributed by atoms with van der Waals surface area (Å²) >= 11 is 3.02. The molecule has 1 aromatic carbocycles. The zero-order chi connectivity index (χ0) is 14.9. The Hall–Kier alpha value is -1.41. The molecule has 20 heavy (non-hydrogen) atoms. The number of hydrogen-bond acceptors (Lipinski definition) is 4. The SMILES string of the molecule is CC(C)(C)NCc1nnnn1-c1cc(Br)c(F)cc1F. The van der Waals surface area contributed by atoms with E-state index in [1.165, 1.54) is 10.7 Å². The van der Waals surface area contributed by atoms with Crippen LogP contribution in [0.4, 0.5) is 8.78 Å². The summed E-state index contributed by atoms with van der Waals surface area (Å²) in [5.74, 6) is -0.957. The third-order valence-corrected chi connectivity index (χ3v) is 3.14. The van der Waals surface area contributed by atoms with E-state index in [2.05, 4.69) is 36.8 Å². The molecule has 0 aliphatic heterocycles. The fourth-order valence-corrected chi connectivity index (χ4v) is 1.85. The molecule has 0 spiro atoms. The van der Waals surface area contributed by atoms with Crippen molar-refractivity contribution in [1.82, 2.24) is 25.5 Å². The minimum atomic E-state index is -0.727. The molecule has 2 aromatic rings. The van der Waals surface area contributed by atoms with Crippen LogP contribution in [0, 0.1) is 11.6 Å². The van der Waals surface area contributed by atoms with Crippen LogP contribution in [0.2, 0.25) is 0 Å². The molecule has 0 aliphatic carbocycles. The van der Waals surface area contributed by atoms with Crippen LogP contribution in [-0.2, 0) is 6.54 Å². The molecule has 0 saturated heterocycles. The van der Waals surface area contributed by atoms with E-state index in [9.17, 15) is 8.78 Å². The summed E-state index contributed by atoms with van der Waals surface area (Å²) in [6.07, 6.45) is 0. The zero-order valence-electron chi connectivity index (χ0n) is 11.3. The smallest absolute Gasteiger partial charge is 0.170 e. The molecule has 1 heterocycles. The van der Waals surface area contributed by atoms with Crippen molar-refractivity contribution in [3.05, 3.63) is 34.1 Å². The Bertz CT molecular complexity index is 621. The second-order valence-corrected chi connectivity index (χ2v) is 6.18. The highest BCUT2D eigenvalue weighted by Crippen LogP contribution is 2.22. The predicted molar refractivity (Wildman–Crippen MR) is 73.4 cm³/mol. The van der Waals surface area contributed by atoms with Gasteiger partial charge in [-0.05, 0) is 53.2 Å². The molecular formula is C12H14BrF2N5. The summed E-state index contributed by atoms with van der Waals surface area (Å²) in [5, 5.41) is 14.4. The van der Waals surface area contributed by atoms with Crippen molar-refractivity contribution >= 4 is 15.9 Å². The summed E-state index contributed by atoms with van der Waals surface area (Å²) in [6, 6.07) is 2.10. The van der Waals surface area contributed by atoms with E-state index in [1.54, 1.807) is 0 Å². The second kappa shape index (κ2) is 5.53. The van der Waals surface area contributed by atoms with E-state index in [0.29, 0.717) is 12.4 Å². The topological polar surface area (TPSA) is 55.6 Å². The molecule has 8 heteroatoms. The normalized spacial score (nSPS) is 11.9. The number of hydrogen-bond donors (Lipinski definition) is 1. The average Bonchev–Trinajstić information content (AvgIpc) is 2.78. The van der Waals surface area contributed by atoms with Crippen molar-refractivity contribution in [1.29, 1.82) is 0 Å². The van der Waals surface area contributed by atoms with E-state index in [0.717, 1.165) is 6.07 Å². The third kappa shape index (κ3) is 3.37. The van der Waals surface area contributed by atoms with Crippen LogP contribution in [0.5, 0.6) is 0 Å². The molecular weight excluding hydrogens is 332 g/mol. The Balaban J connectivity index is 2.35. The van der Waals surface area contributed by atoms with Crippen molar-refractivity contribution in [2.45, 2.75) is 32.9 Å². The molecule has 0 fully saturated rings. The highest BCUT2D eigenvalue weighted by molar-refractivity contribution is 9.10. The molecule has 0 unspecified atom stereocenters. The van der Waals surface area contributed by atoms with Crippen LogP contribution < -0.4 is 5.32 Å². The number of tetrazole rings is 1. The number of rotatable bonds is 3. The lowest BCUT2D eigenvalue weighted by atomic mass is 10.1. The monoisotopic (exact) mass is 345 g/mol. The lowest BCUT2D eigenvalue weighted by molar-refractivity contribution is 0.414. The summed E-state index contributed by atoms with van der Waals surface area (Å²) in [7, 11) is 0. The summed E-state index contributed by atoms with van der Waals surface area (Å²) in [5.41, 5.74) is -0.0346. The van der Waals surface area contributed by atoms with Crippen molar-refractivity contribution < 1.29 is 8.78 Å². The lowest BCUT2D eigenvalue weighted by Gasteiger charge is -2.19. The van der Waals surface area contributed by atoms with Crippen LogP contribution >= 0.6 is 15.9 Å². The number of nitrogens with zero attached hydrogens (tertiary/aromatic N) is 4. The average molecular weight is 346 g/mol. The number of halogens is 3. The first-order valence-corrected chi connectivity index (χ1v) is 6.74. The first-order chi connectivity index (χ1) is 9.28. The fourth-order valence-electron chi connectivity index (χ4n) is 1.52. The van der Waals surface area contributed by atoms with Gasteiger partial charge in [0, 0.05) is 11.6 Å². The van der Waals surface area contributed by atoms with Crippen LogP contribution in [-0.4, -0.2) is 25.7 Å². The van der Waals surface area contributed by atoms with Crippen molar-refractivity contribution in [2.24, 2.45) is 0 Å². The Morgan fingerprint density at radius 3 is 2.60 bits per heavy atom. The standard InChI is InChI=1S/C12H14BrF2N5/c1-12(2,3)16-6-11-17-18-19-20(11)10-4-7(13)8(14)5-9(10)15/h4-5,16H,6H2,1-3H3. The largest absolute Gasteiger partial charge is 0.305 e. The maximum absolute atomic E-state index is 13.9. The molecule has 0 bridgehead atoms. The molecule has 0 atom stereocenters. The van der Waals surface area contributed by atoms with Gasteiger partial charge in [0.1, 0.15) is 11.5 Å². The van der Waals surface area contributed by atoms with Gasteiger partial charge >= 0.3 is 0 Å². The molecule has 1 aromatic heterocycles. The zero-order valence-corrected chi connectivity index (χ0v) is 12.9. The van der Waals surface area contributed by atoms with Crippen molar-refractivity contribution in [2.75, 3.05) is 0 Å². The second-order valence-electron chi connectivity index (χ2n) is 5.33. The molecule has 0 radical (unpaired) electrons. The highest BCUT2D eigenvalue weighted by Gasteiger charge is 2.17. The van der Waals surface area contributed by atoms with Gasteiger partial charge in [-0.3, -0.25) is 0 Å². The fraction of sp³-hybridized carbons (Fsp3) is 0.417. The minimum Gasteiger partial charge on any atom is -0.305 e. The van der Waals surface area contributed by atoms with Gasteiger partial charge in [0.05, 0.1) is 11.0 Å². The highest BCUT2D eigenvalue weighted by atomic mass is 79.9. The first kappa shape index (κ1) is 15.0. The maximum atomic E-state index is 13.9. The Labute approximate surface area is 123 Å². The predicted octanol–water partition coefficient (Wildman–Crippen LogP) is 2.59. The van der Waals surface area contributed by atoms with E-state index in [4.69, 9.17) is 0 Å². The Kier molecular flexibility index (Phi) is 4.14. The molecule has 2 rings (SSSR count). The van der Waals surface area contributed by atoms with Crippen LogP contribution in [0.1, 0.15) is 26.6 Å². The maximum Gasteiger partial charge on any atom is 0.170 e. The molecule has 1 N–H and O–H groups in total. The van der Waals surface area contributed by atoms with E-state index in [1.807, 2.05) is 20.8 Å². The van der Waals surface area contributed by atoms with E-state index < -0.39 is 11.6 Å². The first-order valence-electron chi connectivity index (χ1n) is 5.95. The molecule has 5 nitrogen and oxygen atoms in total. The van der Waals surface area contributed by atoms with Crippen molar-refractivity contribution in [3.8, 4) is 5.69 Å². The number of aromatic nitrogens is 4. The van der Waals surface area contributed by atoms with E-state index in [-0.39, 0.29) is 15.7 Å². The molecule has 0 saturated carbocycles. The summed E-state index contributed by atoms with van der Waals surface area (Å²) in [6.45, 7) is 6.35. The van der Waals surface area contributed by atoms with Gasteiger partial charge in [-0.15, -0.1) is 5.10 Å².